The lowest BCUT2D eigenvalue weighted by atomic mass is 9.95. The standard InChI is InChI=1S/C37H48N8O5S2/c1-25(2)34-42-30(23-51-34)21-45(3)36(48)44-32(16-17-40-35(38)47)33(46)41-28(18-26-10-6-4-7-11-26)14-15-29(19-27-12-8-5-9-13-27)43-37(49)50-22-31-20-39-24-52-31/h4-13,20,23-25,28-29,32H,14-19,21-22H2,1-3H3,(H,41,46)(H,43,49)(H,44,48)(H3,38,40,47)/t28-,29-,32+/m1/s1. The van der Waals surface area contributed by atoms with Crippen LogP contribution in [0.1, 0.15) is 65.7 Å². The van der Waals surface area contributed by atoms with Crippen LogP contribution in [0.2, 0.25) is 0 Å². The number of thiazole rings is 2. The van der Waals surface area contributed by atoms with Crippen LogP contribution in [-0.4, -0.2) is 70.6 Å². The minimum Gasteiger partial charge on any atom is -0.444 e. The normalized spacial score (nSPS) is 12.7. The molecule has 2 aromatic carbocycles. The predicted octanol–water partition coefficient (Wildman–Crippen LogP) is 5.34. The van der Waals surface area contributed by atoms with Gasteiger partial charge in [-0.25, -0.2) is 19.4 Å². The van der Waals surface area contributed by atoms with E-state index in [1.807, 2.05) is 66.0 Å². The van der Waals surface area contributed by atoms with E-state index in [0.717, 1.165) is 26.7 Å². The number of aromatic nitrogens is 2. The van der Waals surface area contributed by atoms with Crippen molar-refractivity contribution >= 4 is 46.7 Å². The Balaban J connectivity index is 1.46. The molecule has 3 atom stereocenters. The molecule has 0 spiro atoms. The third kappa shape index (κ3) is 13.9. The topological polar surface area (TPSA) is 181 Å². The summed E-state index contributed by atoms with van der Waals surface area (Å²) in [6, 6.07) is 16.8. The van der Waals surface area contributed by atoms with Gasteiger partial charge >= 0.3 is 18.2 Å². The summed E-state index contributed by atoms with van der Waals surface area (Å²) in [7, 11) is 1.64. The van der Waals surface area contributed by atoms with Gasteiger partial charge in [-0.1, -0.05) is 74.5 Å². The Bertz CT molecular complexity index is 1690. The van der Waals surface area contributed by atoms with Crippen molar-refractivity contribution in [2.24, 2.45) is 5.73 Å². The summed E-state index contributed by atoms with van der Waals surface area (Å²) in [5.74, 6) is -0.124. The van der Waals surface area contributed by atoms with Crippen molar-refractivity contribution in [1.29, 1.82) is 0 Å². The van der Waals surface area contributed by atoms with Crippen molar-refractivity contribution in [3.63, 3.8) is 0 Å². The van der Waals surface area contributed by atoms with Crippen molar-refractivity contribution in [2.75, 3.05) is 13.6 Å². The number of rotatable bonds is 19. The van der Waals surface area contributed by atoms with Crippen LogP contribution in [-0.2, 0) is 35.5 Å². The lowest BCUT2D eigenvalue weighted by Gasteiger charge is -2.27. The number of nitrogens with one attached hydrogen (secondary N) is 4. The summed E-state index contributed by atoms with van der Waals surface area (Å²) in [4.78, 5) is 62.5. The molecule has 0 aliphatic heterocycles. The smallest absolute Gasteiger partial charge is 0.407 e. The molecule has 0 aliphatic carbocycles. The van der Waals surface area contributed by atoms with Gasteiger partial charge in [0.2, 0.25) is 5.91 Å². The molecule has 0 saturated carbocycles. The van der Waals surface area contributed by atoms with Crippen LogP contribution < -0.4 is 27.0 Å². The number of carbonyl (C=O) groups is 4. The average Bonchev–Trinajstić information content (AvgIpc) is 3.83. The first kappa shape index (κ1) is 39.8. The molecular formula is C37H48N8O5S2. The van der Waals surface area contributed by atoms with Gasteiger partial charge in [-0.15, -0.1) is 22.7 Å². The SMILES string of the molecule is CC(C)c1nc(CN(C)C(=O)N[C@@H](CCNC(N)=O)C(=O)N[C@H](CC[C@H](Cc2ccccc2)NC(=O)OCc2cncs2)Cc2ccccc2)cs1. The van der Waals surface area contributed by atoms with Gasteiger partial charge < -0.3 is 36.6 Å². The fourth-order valence-corrected chi connectivity index (χ4v) is 6.79. The molecule has 0 saturated heterocycles. The zero-order valence-electron chi connectivity index (χ0n) is 29.7. The van der Waals surface area contributed by atoms with Gasteiger partial charge in [0, 0.05) is 43.2 Å². The fourth-order valence-electron chi connectivity index (χ4n) is 5.45. The number of primary amides is 1. The van der Waals surface area contributed by atoms with Gasteiger partial charge in [0.25, 0.3) is 0 Å². The van der Waals surface area contributed by atoms with Crippen molar-refractivity contribution in [3.8, 4) is 0 Å². The molecule has 6 amide bonds. The molecule has 278 valence electrons. The Morgan fingerprint density at radius 3 is 2.06 bits per heavy atom. The molecule has 4 rings (SSSR count). The molecular weight excluding hydrogens is 701 g/mol. The third-order valence-electron chi connectivity index (χ3n) is 8.17. The molecule has 15 heteroatoms. The van der Waals surface area contributed by atoms with Crippen molar-refractivity contribution in [2.45, 2.75) is 83.1 Å². The monoisotopic (exact) mass is 748 g/mol. The van der Waals surface area contributed by atoms with Crippen LogP contribution >= 0.6 is 22.7 Å². The number of nitrogens with two attached hydrogens (primary N) is 1. The number of benzene rings is 2. The lowest BCUT2D eigenvalue weighted by molar-refractivity contribution is -0.123. The number of urea groups is 2. The summed E-state index contributed by atoms with van der Waals surface area (Å²) in [6.45, 7) is 4.59. The number of hydrogen-bond acceptors (Lipinski definition) is 9. The molecule has 2 heterocycles. The maximum atomic E-state index is 13.9. The van der Waals surface area contributed by atoms with Crippen molar-refractivity contribution in [1.82, 2.24) is 36.1 Å². The van der Waals surface area contributed by atoms with Crippen LogP contribution in [0.5, 0.6) is 0 Å². The van der Waals surface area contributed by atoms with E-state index >= 15 is 0 Å². The van der Waals surface area contributed by atoms with E-state index in [1.165, 1.54) is 16.2 Å². The molecule has 13 nitrogen and oxygen atoms in total. The number of hydrogen-bond donors (Lipinski definition) is 5. The molecule has 0 bridgehead atoms. The molecule has 0 fully saturated rings. The Kier molecular flexibility index (Phi) is 15.9. The second kappa shape index (κ2) is 20.7. The van der Waals surface area contributed by atoms with Crippen LogP contribution in [0.3, 0.4) is 0 Å². The first-order valence-corrected chi connectivity index (χ1v) is 19.0. The van der Waals surface area contributed by atoms with Crippen LogP contribution in [0.15, 0.2) is 77.8 Å². The zero-order chi connectivity index (χ0) is 37.3. The van der Waals surface area contributed by atoms with E-state index in [0.29, 0.717) is 25.7 Å². The highest BCUT2D eigenvalue weighted by Gasteiger charge is 2.26. The molecule has 0 radical (unpaired) electrons. The average molecular weight is 749 g/mol. The number of nitrogens with zero attached hydrogens (tertiary/aromatic N) is 3. The Labute approximate surface area is 312 Å². The minimum absolute atomic E-state index is 0.0807. The minimum atomic E-state index is -0.971. The Hall–Kier alpha value is -5.02. The van der Waals surface area contributed by atoms with E-state index in [1.54, 1.807) is 30.1 Å². The molecule has 6 N–H and O–H groups in total. The fraction of sp³-hybridized carbons (Fsp3) is 0.405. The summed E-state index contributed by atoms with van der Waals surface area (Å²) in [6.07, 6.45) is 3.35. The molecule has 0 aliphatic rings. The van der Waals surface area contributed by atoms with E-state index < -0.39 is 30.1 Å². The highest BCUT2D eigenvalue weighted by molar-refractivity contribution is 7.09. The number of amides is 6. The quantitative estimate of drug-likeness (QED) is 0.0859. The molecule has 4 aromatic rings. The van der Waals surface area contributed by atoms with Crippen molar-refractivity contribution in [3.05, 3.63) is 104 Å². The Morgan fingerprint density at radius 2 is 1.50 bits per heavy atom. The summed E-state index contributed by atoms with van der Waals surface area (Å²) in [5.41, 5.74) is 9.80. The highest BCUT2D eigenvalue weighted by Crippen LogP contribution is 2.20. The second-order valence-electron chi connectivity index (χ2n) is 12.8. The van der Waals surface area contributed by atoms with Gasteiger partial charge in [0.15, 0.2) is 0 Å². The van der Waals surface area contributed by atoms with Gasteiger partial charge in [-0.05, 0) is 43.2 Å². The maximum absolute atomic E-state index is 13.9. The van der Waals surface area contributed by atoms with Gasteiger partial charge in [0.05, 0.1) is 27.6 Å². The largest absolute Gasteiger partial charge is 0.444 e. The molecule has 0 unspecified atom stereocenters. The first-order chi connectivity index (χ1) is 25.0. The zero-order valence-corrected chi connectivity index (χ0v) is 31.4. The van der Waals surface area contributed by atoms with Crippen LogP contribution in [0.25, 0.3) is 0 Å². The molecule has 2 aromatic heterocycles. The van der Waals surface area contributed by atoms with Gasteiger partial charge in [-0.2, -0.15) is 0 Å². The summed E-state index contributed by atoms with van der Waals surface area (Å²) in [5, 5.41) is 14.4. The van der Waals surface area contributed by atoms with E-state index in [2.05, 4.69) is 45.1 Å². The second-order valence-corrected chi connectivity index (χ2v) is 14.7. The van der Waals surface area contributed by atoms with E-state index in [-0.39, 0.29) is 44.1 Å². The van der Waals surface area contributed by atoms with E-state index in [4.69, 9.17) is 10.5 Å². The molecule has 52 heavy (non-hydrogen) atoms. The Morgan fingerprint density at radius 1 is 0.865 bits per heavy atom. The highest BCUT2D eigenvalue weighted by atomic mass is 32.1. The van der Waals surface area contributed by atoms with Crippen LogP contribution in [0, 0.1) is 0 Å². The summed E-state index contributed by atoms with van der Waals surface area (Å²) < 4.78 is 5.48. The summed E-state index contributed by atoms with van der Waals surface area (Å²) >= 11 is 2.95. The number of ether oxygens (including phenoxy) is 1. The lowest BCUT2D eigenvalue weighted by Crippen LogP contribution is -2.53. The van der Waals surface area contributed by atoms with Crippen LogP contribution in [0.4, 0.5) is 14.4 Å². The van der Waals surface area contributed by atoms with Crippen molar-refractivity contribution < 1.29 is 23.9 Å². The first-order valence-electron chi connectivity index (χ1n) is 17.2. The van der Waals surface area contributed by atoms with Gasteiger partial charge in [0.1, 0.15) is 12.6 Å². The third-order valence-corrected chi connectivity index (χ3v) is 10.1. The number of carbonyl (C=O) groups excluding carboxylic acids is 4. The number of alkyl carbamates (subject to hydrolysis) is 1. The predicted molar refractivity (Wildman–Crippen MR) is 203 cm³/mol. The maximum Gasteiger partial charge on any atom is 0.407 e. The van der Waals surface area contributed by atoms with Gasteiger partial charge in [-0.3, -0.25) is 9.78 Å². The van der Waals surface area contributed by atoms with E-state index in [9.17, 15) is 19.2 Å².